The van der Waals surface area contributed by atoms with Crippen LogP contribution >= 0.6 is 11.3 Å². The number of hydrogen-bond donors (Lipinski definition) is 1. The lowest BCUT2D eigenvalue weighted by Gasteiger charge is -2.26. The van der Waals surface area contributed by atoms with Crippen LogP contribution in [-0.4, -0.2) is 34.8 Å². The molecule has 5 nitrogen and oxygen atoms in total. The van der Waals surface area contributed by atoms with Crippen molar-refractivity contribution in [3.63, 3.8) is 0 Å². The predicted octanol–water partition coefficient (Wildman–Crippen LogP) is 3.37. The van der Waals surface area contributed by atoms with Crippen LogP contribution in [0.2, 0.25) is 0 Å². The van der Waals surface area contributed by atoms with Crippen LogP contribution < -0.4 is 5.32 Å². The number of carbonyl (C=O) groups excluding carboxylic acids is 2. The molecule has 0 saturated heterocycles. The van der Waals surface area contributed by atoms with Crippen molar-refractivity contribution in [2.24, 2.45) is 11.8 Å². The van der Waals surface area contributed by atoms with E-state index in [1.165, 1.54) is 24.2 Å². The van der Waals surface area contributed by atoms with E-state index in [4.69, 9.17) is 0 Å². The summed E-state index contributed by atoms with van der Waals surface area (Å²) >= 11 is 1.47. The summed E-state index contributed by atoms with van der Waals surface area (Å²) in [6.07, 6.45) is 3.98. The lowest BCUT2D eigenvalue weighted by molar-refractivity contribution is -0.138. The molecule has 0 aliphatic heterocycles. The van der Waals surface area contributed by atoms with Gasteiger partial charge in [0.05, 0.1) is 12.2 Å². The lowest BCUT2D eigenvalue weighted by atomic mass is 10.0. The minimum atomic E-state index is -0.154. The number of thiazole rings is 1. The van der Waals surface area contributed by atoms with E-state index in [-0.39, 0.29) is 24.3 Å². The highest BCUT2D eigenvalue weighted by Crippen LogP contribution is 2.30. The Morgan fingerprint density at radius 2 is 1.96 bits per heavy atom. The van der Waals surface area contributed by atoms with Crippen molar-refractivity contribution in [1.82, 2.24) is 9.88 Å². The molecule has 6 heteroatoms. The smallest absolute Gasteiger partial charge is 0.245 e. The Morgan fingerprint density at radius 1 is 1.30 bits per heavy atom. The maximum Gasteiger partial charge on any atom is 0.245 e. The quantitative estimate of drug-likeness (QED) is 0.791. The average molecular weight is 337 g/mol. The molecule has 23 heavy (non-hydrogen) atoms. The second-order valence-electron chi connectivity index (χ2n) is 6.38. The van der Waals surface area contributed by atoms with Crippen molar-refractivity contribution < 1.29 is 9.59 Å². The molecule has 1 saturated carbocycles. The Kier molecular flexibility index (Phi) is 6.16. The summed E-state index contributed by atoms with van der Waals surface area (Å²) in [5.74, 6) is 0.554. The van der Waals surface area contributed by atoms with Gasteiger partial charge in [0.15, 0.2) is 5.13 Å². The molecule has 1 fully saturated rings. The Hall–Kier alpha value is -1.43. The van der Waals surface area contributed by atoms with E-state index in [0.717, 1.165) is 23.4 Å². The first-order valence-electron chi connectivity index (χ1n) is 8.47. The number of aryl methyl sites for hydroxylation is 2. The topological polar surface area (TPSA) is 62.3 Å². The molecule has 1 aromatic heterocycles. The third-order valence-electron chi connectivity index (χ3n) is 4.43. The van der Waals surface area contributed by atoms with Crippen molar-refractivity contribution >= 4 is 28.3 Å². The van der Waals surface area contributed by atoms with Crippen LogP contribution in [0.15, 0.2) is 0 Å². The van der Waals surface area contributed by atoms with Gasteiger partial charge in [0.2, 0.25) is 11.8 Å². The predicted molar refractivity (Wildman–Crippen MR) is 93.6 cm³/mol. The Labute approximate surface area is 142 Å². The van der Waals surface area contributed by atoms with E-state index in [1.54, 1.807) is 4.90 Å². The maximum absolute atomic E-state index is 12.6. The van der Waals surface area contributed by atoms with Gasteiger partial charge in [0, 0.05) is 17.3 Å². The zero-order chi connectivity index (χ0) is 17.0. The van der Waals surface area contributed by atoms with Gasteiger partial charge >= 0.3 is 0 Å². The highest BCUT2D eigenvalue weighted by molar-refractivity contribution is 7.15. The van der Waals surface area contributed by atoms with Crippen LogP contribution in [-0.2, 0) is 9.59 Å². The molecule has 2 rings (SSSR count). The number of hydrogen-bond acceptors (Lipinski definition) is 4. The number of carbonyl (C=O) groups is 2. The molecule has 1 N–H and O–H groups in total. The first-order valence-corrected chi connectivity index (χ1v) is 9.28. The zero-order valence-electron chi connectivity index (χ0n) is 14.5. The molecule has 0 atom stereocenters. The Bertz CT molecular complexity index is 543. The lowest BCUT2D eigenvalue weighted by Crippen LogP contribution is -2.42. The van der Waals surface area contributed by atoms with Gasteiger partial charge in [-0.2, -0.15) is 0 Å². The zero-order valence-corrected chi connectivity index (χ0v) is 15.3. The summed E-state index contributed by atoms with van der Waals surface area (Å²) in [5, 5.41) is 3.45. The fraction of sp³-hybridized carbons (Fsp3) is 0.706. The largest absolute Gasteiger partial charge is 0.333 e. The van der Waals surface area contributed by atoms with Gasteiger partial charge in [-0.05, 0) is 45.4 Å². The molecule has 0 radical (unpaired) electrons. The highest BCUT2D eigenvalue weighted by Gasteiger charge is 2.30. The standard InChI is InChI=1S/C17H27N3O2S/c1-5-14(6-2)16(22)20(9-13-7-8-13)10-15(21)19-17-18-11(3)12(4)23-17/h13-14H,5-10H2,1-4H3,(H,18,19,21). The van der Waals surface area contributed by atoms with Crippen LogP contribution in [0.1, 0.15) is 50.1 Å². The Balaban J connectivity index is 1.98. The minimum Gasteiger partial charge on any atom is -0.333 e. The summed E-state index contributed by atoms with van der Waals surface area (Å²) in [6.45, 7) is 8.81. The third-order valence-corrected chi connectivity index (χ3v) is 5.42. The number of rotatable bonds is 8. The van der Waals surface area contributed by atoms with Gasteiger partial charge in [0.25, 0.3) is 0 Å². The second kappa shape index (κ2) is 7.90. The number of nitrogens with zero attached hydrogens (tertiary/aromatic N) is 2. The number of aromatic nitrogens is 1. The molecule has 0 aromatic carbocycles. The highest BCUT2D eigenvalue weighted by atomic mass is 32.1. The van der Waals surface area contributed by atoms with Gasteiger partial charge in [-0.25, -0.2) is 4.98 Å². The summed E-state index contributed by atoms with van der Waals surface area (Å²) < 4.78 is 0. The average Bonchev–Trinajstić information content (AvgIpc) is 3.25. The number of amides is 2. The SMILES string of the molecule is CCC(CC)C(=O)N(CC(=O)Nc1nc(C)c(C)s1)CC1CC1. The van der Waals surface area contributed by atoms with Crippen molar-refractivity contribution in [2.75, 3.05) is 18.4 Å². The maximum atomic E-state index is 12.6. The van der Waals surface area contributed by atoms with Crippen LogP contribution in [0.5, 0.6) is 0 Å². The van der Waals surface area contributed by atoms with Crippen molar-refractivity contribution in [3.05, 3.63) is 10.6 Å². The normalized spacial score (nSPS) is 14.1. The third kappa shape index (κ3) is 5.03. The van der Waals surface area contributed by atoms with E-state index in [2.05, 4.69) is 10.3 Å². The molecule has 128 valence electrons. The molecular formula is C17H27N3O2S. The van der Waals surface area contributed by atoms with Crippen molar-refractivity contribution in [3.8, 4) is 0 Å². The van der Waals surface area contributed by atoms with Crippen LogP contribution in [0.3, 0.4) is 0 Å². The van der Waals surface area contributed by atoms with E-state index >= 15 is 0 Å². The Morgan fingerprint density at radius 3 is 2.43 bits per heavy atom. The molecule has 0 spiro atoms. The first-order chi connectivity index (χ1) is 10.9. The van der Waals surface area contributed by atoms with Crippen molar-refractivity contribution in [1.29, 1.82) is 0 Å². The molecule has 0 unspecified atom stereocenters. The van der Waals surface area contributed by atoms with Crippen LogP contribution in [0.4, 0.5) is 5.13 Å². The molecule has 1 heterocycles. The second-order valence-corrected chi connectivity index (χ2v) is 7.59. The fourth-order valence-electron chi connectivity index (χ4n) is 2.60. The summed E-state index contributed by atoms with van der Waals surface area (Å²) in [4.78, 5) is 32.1. The van der Waals surface area contributed by atoms with E-state index in [0.29, 0.717) is 17.6 Å². The van der Waals surface area contributed by atoms with Crippen LogP contribution in [0.25, 0.3) is 0 Å². The van der Waals surface area contributed by atoms with Gasteiger partial charge in [-0.3, -0.25) is 9.59 Å². The molecule has 0 bridgehead atoms. The summed E-state index contributed by atoms with van der Waals surface area (Å²) in [6, 6.07) is 0. The van der Waals surface area contributed by atoms with Gasteiger partial charge < -0.3 is 10.2 Å². The van der Waals surface area contributed by atoms with E-state index in [1.807, 2.05) is 27.7 Å². The molecule has 1 aliphatic carbocycles. The minimum absolute atomic E-state index is 0.0194. The molecule has 1 aromatic rings. The summed E-state index contributed by atoms with van der Waals surface area (Å²) in [5.41, 5.74) is 0.938. The van der Waals surface area contributed by atoms with E-state index in [9.17, 15) is 9.59 Å². The van der Waals surface area contributed by atoms with Gasteiger partial charge in [0.1, 0.15) is 0 Å². The number of nitrogens with one attached hydrogen (secondary N) is 1. The molecule has 2 amide bonds. The fourth-order valence-corrected chi connectivity index (χ4v) is 3.43. The first kappa shape index (κ1) is 17.9. The molecular weight excluding hydrogens is 310 g/mol. The monoisotopic (exact) mass is 337 g/mol. The van der Waals surface area contributed by atoms with E-state index < -0.39 is 0 Å². The van der Waals surface area contributed by atoms with Gasteiger partial charge in [-0.1, -0.05) is 13.8 Å². The van der Waals surface area contributed by atoms with Crippen LogP contribution in [0, 0.1) is 25.7 Å². The van der Waals surface area contributed by atoms with Gasteiger partial charge in [-0.15, -0.1) is 11.3 Å². The number of anilines is 1. The summed E-state index contributed by atoms with van der Waals surface area (Å²) in [7, 11) is 0. The van der Waals surface area contributed by atoms with Crippen molar-refractivity contribution in [2.45, 2.75) is 53.4 Å². The molecule has 1 aliphatic rings.